The SMILES string of the molecule is Cc1cscc1CNCc1ccc2oc(C(=O)O)cc2c1. The van der Waals surface area contributed by atoms with Gasteiger partial charge in [0.1, 0.15) is 5.58 Å². The fraction of sp³-hybridized carbons (Fsp3) is 0.188. The molecule has 21 heavy (non-hydrogen) atoms. The maximum Gasteiger partial charge on any atom is 0.371 e. The Labute approximate surface area is 126 Å². The molecule has 0 spiro atoms. The molecule has 0 aliphatic rings. The standard InChI is InChI=1S/C16H15NO3S/c1-10-8-21-9-13(10)7-17-6-11-2-3-14-12(4-11)5-15(20-14)16(18)19/h2-5,8-9,17H,6-7H2,1H3,(H,18,19). The number of carboxylic acids is 1. The number of hydrogen-bond donors (Lipinski definition) is 2. The van der Waals surface area contributed by atoms with E-state index in [0.717, 1.165) is 24.0 Å². The molecule has 0 saturated heterocycles. The summed E-state index contributed by atoms with van der Waals surface area (Å²) in [5, 5.41) is 17.4. The monoisotopic (exact) mass is 301 g/mol. The lowest BCUT2D eigenvalue weighted by Gasteiger charge is -2.04. The molecule has 0 bridgehead atoms. The second-order valence-electron chi connectivity index (χ2n) is 4.97. The van der Waals surface area contributed by atoms with Gasteiger partial charge < -0.3 is 14.8 Å². The largest absolute Gasteiger partial charge is 0.475 e. The predicted octanol–water partition coefficient (Wildman–Crippen LogP) is 3.79. The number of carboxylic acid groups (broad SMARTS) is 1. The van der Waals surface area contributed by atoms with Crippen molar-refractivity contribution in [1.82, 2.24) is 5.32 Å². The summed E-state index contributed by atoms with van der Waals surface area (Å²) in [4.78, 5) is 10.9. The van der Waals surface area contributed by atoms with E-state index in [1.807, 2.05) is 18.2 Å². The molecular formula is C16H15NO3S. The van der Waals surface area contributed by atoms with Crippen molar-refractivity contribution < 1.29 is 14.3 Å². The van der Waals surface area contributed by atoms with Gasteiger partial charge in [0.25, 0.3) is 0 Å². The van der Waals surface area contributed by atoms with Crippen LogP contribution in [0, 0.1) is 6.92 Å². The van der Waals surface area contributed by atoms with Gasteiger partial charge in [-0.2, -0.15) is 11.3 Å². The van der Waals surface area contributed by atoms with Crippen molar-refractivity contribution in [2.45, 2.75) is 20.0 Å². The van der Waals surface area contributed by atoms with Gasteiger partial charge in [0, 0.05) is 18.5 Å². The number of aryl methyl sites for hydroxylation is 1. The molecule has 3 aromatic rings. The van der Waals surface area contributed by atoms with Gasteiger partial charge in [0.05, 0.1) is 0 Å². The topological polar surface area (TPSA) is 62.5 Å². The van der Waals surface area contributed by atoms with E-state index in [4.69, 9.17) is 9.52 Å². The molecule has 0 atom stereocenters. The molecule has 0 aliphatic carbocycles. The number of hydrogen-bond acceptors (Lipinski definition) is 4. The fourth-order valence-corrected chi connectivity index (χ4v) is 3.07. The minimum Gasteiger partial charge on any atom is -0.475 e. The van der Waals surface area contributed by atoms with Gasteiger partial charge >= 0.3 is 5.97 Å². The lowest BCUT2D eigenvalue weighted by Crippen LogP contribution is -2.12. The molecule has 2 N–H and O–H groups in total. The normalized spacial score (nSPS) is 11.1. The highest BCUT2D eigenvalue weighted by Gasteiger charge is 2.10. The highest BCUT2D eigenvalue weighted by Crippen LogP contribution is 2.21. The van der Waals surface area contributed by atoms with E-state index in [-0.39, 0.29) is 5.76 Å². The van der Waals surface area contributed by atoms with Crippen molar-refractivity contribution in [3.05, 3.63) is 57.5 Å². The molecule has 5 heteroatoms. The van der Waals surface area contributed by atoms with E-state index < -0.39 is 5.97 Å². The van der Waals surface area contributed by atoms with Gasteiger partial charge in [-0.05, 0) is 52.6 Å². The average molecular weight is 301 g/mol. The second kappa shape index (κ2) is 5.71. The van der Waals surface area contributed by atoms with Gasteiger partial charge in [-0.3, -0.25) is 0 Å². The summed E-state index contributed by atoms with van der Waals surface area (Å²) in [6.45, 7) is 3.68. The molecule has 0 unspecified atom stereocenters. The first-order valence-electron chi connectivity index (χ1n) is 6.61. The summed E-state index contributed by atoms with van der Waals surface area (Å²) in [6.07, 6.45) is 0. The lowest BCUT2D eigenvalue weighted by atomic mass is 10.1. The van der Waals surface area contributed by atoms with E-state index in [0.29, 0.717) is 5.58 Å². The summed E-state index contributed by atoms with van der Waals surface area (Å²) in [7, 11) is 0. The molecular weight excluding hydrogens is 286 g/mol. The van der Waals surface area contributed by atoms with Crippen molar-refractivity contribution in [2.24, 2.45) is 0 Å². The van der Waals surface area contributed by atoms with E-state index in [2.05, 4.69) is 23.0 Å². The van der Waals surface area contributed by atoms with E-state index in [9.17, 15) is 4.79 Å². The van der Waals surface area contributed by atoms with Crippen LogP contribution >= 0.6 is 11.3 Å². The molecule has 0 aliphatic heterocycles. The molecule has 0 amide bonds. The predicted molar refractivity (Wildman–Crippen MR) is 82.8 cm³/mol. The third kappa shape index (κ3) is 2.99. The molecule has 1 aromatic carbocycles. The summed E-state index contributed by atoms with van der Waals surface area (Å²) >= 11 is 1.71. The first-order chi connectivity index (χ1) is 10.1. The van der Waals surface area contributed by atoms with Crippen LogP contribution in [0.2, 0.25) is 0 Å². The maximum absolute atomic E-state index is 10.9. The fourth-order valence-electron chi connectivity index (χ4n) is 2.22. The molecule has 4 nitrogen and oxygen atoms in total. The Morgan fingerprint density at radius 3 is 2.86 bits per heavy atom. The molecule has 3 rings (SSSR count). The lowest BCUT2D eigenvalue weighted by molar-refractivity contribution is 0.0665. The first-order valence-corrected chi connectivity index (χ1v) is 7.56. The van der Waals surface area contributed by atoms with Crippen LogP contribution in [0.3, 0.4) is 0 Å². The van der Waals surface area contributed by atoms with Crippen LogP contribution in [-0.2, 0) is 13.1 Å². The molecule has 0 radical (unpaired) electrons. The van der Waals surface area contributed by atoms with E-state index >= 15 is 0 Å². The molecule has 0 saturated carbocycles. The number of aromatic carboxylic acids is 1. The van der Waals surface area contributed by atoms with Crippen LogP contribution in [0.5, 0.6) is 0 Å². The Morgan fingerprint density at radius 2 is 2.14 bits per heavy atom. The van der Waals surface area contributed by atoms with Gasteiger partial charge in [-0.25, -0.2) is 4.79 Å². The summed E-state index contributed by atoms with van der Waals surface area (Å²) in [5.41, 5.74) is 4.33. The van der Waals surface area contributed by atoms with Crippen molar-refractivity contribution in [3.8, 4) is 0 Å². The van der Waals surface area contributed by atoms with Gasteiger partial charge in [0.15, 0.2) is 0 Å². The zero-order valence-electron chi connectivity index (χ0n) is 11.6. The maximum atomic E-state index is 10.9. The number of fused-ring (bicyclic) bond motifs is 1. The van der Waals surface area contributed by atoms with Gasteiger partial charge in [-0.15, -0.1) is 0 Å². The van der Waals surface area contributed by atoms with Crippen molar-refractivity contribution in [3.63, 3.8) is 0 Å². The minimum absolute atomic E-state index is 0.0241. The Balaban J connectivity index is 1.69. The number of furan rings is 1. The van der Waals surface area contributed by atoms with Crippen molar-refractivity contribution in [2.75, 3.05) is 0 Å². The molecule has 2 heterocycles. The number of thiophene rings is 1. The Morgan fingerprint density at radius 1 is 1.29 bits per heavy atom. The van der Waals surface area contributed by atoms with Gasteiger partial charge in [-0.1, -0.05) is 6.07 Å². The van der Waals surface area contributed by atoms with Crippen molar-refractivity contribution >= 4 is 28.3 Å². The molecule has 2 aromatic heterocycles. The average Bonchev–Trinajstić information content (AvgIpc) is 3.05. The van der Waals surface area contributed by atoms with Crippen LogP contribution in [0.1, 0.15) is 27.2 Å². The minimum atomic E-state index is -1.04. The zero-order valence-corrected chi connectivity index (χ0v) is 12.4. The van der Waals surface area contributed by atoms with Crippen LogP contribution in [-0.4, -0.2) is 11.1 Å². The van der Waals surface area contributed by atoms with E-state index in [1.54, 1.807) is 17.4 Å². The Hall–Kier alpha value is -2.11. The first kappa shape index (κ1) is 13.9. The summed E-state index contributed by atoms with van der Waals surface area (Å²) in [5.74, 6) is -1.07. The third-order valence-electron chi connectivity index (χ3n) is 3.40. The highest BCUT2D eigenvalue weighted by molar-refractivity contribution is 7.08. The number of benzene rings is 1. The quantitative estimate of drug-likeness (QED) is 0.752. The van der Waals surface area contributed by atoms with Gasteiger partial charge in [0.2, 0.25) is 5.76 Å². The van der Waals surface area contributed by atoms with E-state index in [1.165, 1.54) is 11.1 Å². The molecule has 0 fully saturated rings. The summed E-state index contributed by atoms with van der Waals surface area (Å²) in [6, 6.07) is 7.28. The van der Waals surface area contributed by atoms with Crippen molar-refractivity contribution in [1.29, 1.82) is 0 Å². The van der Waals surface area contributed by atoms with Crippen LogP contribution < -0.4 is 5.32 Å². The molecule has 108 valence electrons. The van der Waals surface area contributed by atoms with Crippen LogP contribution in [0.4, 0.5) is 0 Å². The number of nitrogens with one attached hydrogen (secondary N) is 1. The number of carbonyl (C=O) groups is 1. The zero-order chi connectivity index (χ0) is 14.8. The second-order valence-corrected chi connectivity index (χ2v) is 5.72. The highest BCUT2D eigenvalue weighted by atomic mass is 32.1. The number of rotatable bonds is 5. The Kier molecular flexibility index (Phi) is 3.77. The van der Waals surface area contributed by atoms with Crippen LogP contribution in [0.25, 0.3) is 11.0 Å². The summed E-state index contributed by atoms with van der Waals surface area (Å²) < 4.78 is 5.24. The smallest absolute Gasteiger partial charge is 0.371 e. The third-order valence-corrected chi connectivity index (χ3v) is 4.31. The Bertz CT molecular complexity index is 788. The van der Waals surface area contributed by atoms with Crippen LogP contribution in [0.15, 0.2) is 39.4 Å².